The molecule has 0 spiro atoms. The molecule has 0 saturated carbocycles. The smallest absolute Gasteiger partial charge is 0.340 e. The molecule has 1 atom stereocenters. The molecule has 0 aliphatic carbocycles. The second-order valence-corrected chi connectivity index (χ2v) is 6.43. The number of aryl methyl sites for hydroxylation is 1. The number of carbonyl (C=O) groups is 2. The van der Waals surface area contributed by atoms with Crippen LogP contribution in [0.2, 0.25) is 0 Å². The van der Waals surface area contributed by atoms with E-state index in [0.717, 1.165) is 5.56 Å². The third-order valence-corrected chi connectivity index (χ3v) is 4.55. The van der Waals surface area contributed by atoms with Gasteiger partial charge in [-0.15, -0.1) is 0 Å². The number of hydrogen-bond donors (Lipinski definition) is 1. The van der Waals surface area contributed by atoms with Gasteiger partial charge in [0, 0.05) is 12.2 Å². The molecular weight excluding hydrogens is 335 g/mol. The number of ketones is 1. The van der Waals surface area contributed by atoms with Gasteiger partial charge in [-0.1, -0.05) is 12.1 Å². The number of likely N-dealkylation sites (N-methyl/N-ethyl adjacent to an activating group) is 1. The predicted molar refractivity (Wildman–Crippen MR) is 97.9 cm³/mol. The molecule has 0 radical (unpaired) electrons. The molecule has 26 heavy (non-hydrogen) atoms. The highest BCUT2D eigenvalue weighted by Crippen LogP contribution is 2.21. The third kappa shape index (κ3) is 4.19. The summed E-state index contributed by atoms with van der Waals surface area (Å²) in [5, 5.41) is 0. The minimum atomic E-state index is -0.426. The summed E-state index contributed by atoms with van der Waals surface area (Å²) < 4.78 is 18.1. The van der Waals surface area contributed by atoms with Crippen molar-refractivity contribution in [2.75, 3.05) is 13.7 Å². The quantitative estimate of drug-likeness (QED) is 0.605. The van der Waals surface area contributed by atoms with E-state index in [2.05, 4.69) is 4.98 Å². The van der Waals surface area contributed by atoms with Crippen LogP contribution in [0.4, 0.5) is 4.39 Å². The number of esters is 1. The van der Waals surface area contributed by atoms with Crippen LogP contribution >= 0.6 is 0 Å². The molecule has 6 heteroatoms. The first-order valence-corrected chi connectivity index (χ1v) is 8.61. The van der Waals surface area contributed by atoms with Gasteiger partial charge in [0.25, 0.3) is 0 Å². The zero-order chi connectivity index (χ0) is 19.4. The Morgan fingerprint density at radius 2 is 1.85 bits per heavy atom. The van der Waals surface area contributed by atoms with Crippen LogP contribution in [0.15, 0.2) is 24.3 Å². The number of aromatic amines is 1. The Balaban J connectivity index is 2.18. The van der Waals surface area contributed by atoms with Crippen LogP contribution < -0.4 is 0 Å². The Bertz CT molecular complexity index is 796. The van der Waals surface area contributed by atoms with E-state index in [1.807, 2.05) is 18.9 Å². The van der Waals surface area contributed by atoms with Crippen LogP contribution in [-0.4, -0.2) is 41.3 Å². The van der Waals surface area contributed by atoms with Gasteiger partial charge in [0.2, 0.25) is 0 Å². The number of nitrogens with zero attached hydrogens (tertiary/aromatic N) is 1. The molecule has 1 aromatic heterocycles. The number of halogens is 1. The highest BCUT2D eigenvalue weighted by molar-refractivity contribution is 6.03. The second kappa shape index (κ2) is 8.27. The molecule has 0 aliphatic heterocycles. The lowest BCUT2D eigenvalue weighted by atomic mass is 10.0. The van der Waals surface area contributed by atoms with Gasteiger partial charge in [-0.05, 0) is 58.0 Å². The zero-order valence-corrected chi connectivity index (χ0v) is 15.9. The van der Waals surface area contributed by atoms with Crippen LogP contribution in [0.3, 0.4) is 0 Å². The van der Waals surface area contributed by atoms with Gasteiger partial charge < -0.3 is 9.72 Å². The highest BCUT2D eigenvalue weighted by atomic mass is 19.1. The number of aromatic nitrogens is 1. The fourth-order valence-electron chi connectivity index (χ4n) is 2.93. The molecule has 2 aromatic rings. The molecule has 1 N–H and O–H groups in total. The van der Waals surface area contributed by atoms with Crippen molar-refractivity contribution in [1.82, 2.24) is 9.88 Å². The Kier molecular flexibility index (Phi) is 6.32. The molecule has 0 fully saturated rings. The number of nitrogens with one attached hydrogen (secondary N) is 1. The van der Waals surface area contributed by atoms with Crippen molar-refractivity contribution in [3.8, 4) is 0 Å². The summed E-state index contributed by atoms with van der Waals surface area (Å²) in [4.78, 5) is 29.9. The summed E-state index contributed by atoms with van der Waals surface area (Å²) in [6.07, 6.45) is 0. The summed E-state index contributed by atoms with van der Waals surface area (Å²) in [5.41, 5.74) is 2.98. The minimum absolute atomic E-state index is 0.106. The van der Waals surface area contributed by atoms with E-state index in [4.69, 9.17) is 4.74 Å². The lowest BCUT2D eigenvalue weighted by molar-refractivity contribution is 0.0525. The van der Waals surface area contributed by atoms with Crippen molar-refractivity contribution in [2.45, 2.75) is 40.3 Å². The highest BCUT2D eigenvalue weighted by Gasteiger charge is 2.27. The van der Waals surface area contributed by atoms with Crippen LogP contribution in [0.5, 0.6) is 0 Å². The molecule has 1 heterocycles. The average Bonchev–Trinajstić information content (AvgIpc) is 2.90. The van der Waals surface area contributed by atoms with E-state index in [1.165, 1.54) is 12.1 Å². The minimum Gasteiger partial charge on any atom is -0.462 e. The fraction of sp³-hybridized carbons (Fsp3) is 0.400. The summed E-state index contributed by atoms with van der Waals surface area (Å²) in [7, 11) is 1.84. The number of benzene rings is 1. The van der Waals surface area contributed by atoms with Crippen LogP contribution in [-0.2, 0) is 11.3 Å². The third-order valence-electron chi connectivity index (χ3n) is 4.55. The predicted octanol–water partition coefficient (Wildman–Crippen LogP) is 3.65. The van der Waals surface area contributed by atoms with Crippen molar-refractivity contribution >= 4 is 11.8 Å². The van der Waals surface area contributed by atoms with E-state index in [-0.39, 0.29) is 18.2 Å². The molecule has 1 unspecified atom stereocenters. The van der Waals surface area contributed by atoms with Crippen LogP contribution in [0, 0.1) is 19.7 Å². The first-order chi connectivity index (χ1) is 12.3. The molecule has 0 saturated heterocycles. The Morgan fingerprint density at radius 3 is 2.42 bits per heavy atom. The molecular formula is C20H25FN2O3. The maximum atomic E-state index is 13.0. The van der Waals surface area contributed by atoms with Crippen LogP contribution in [0.25, 0.3) is 0 Å². The van der Waals surface area contributed by atoms with E-state index in [0.29, 0.717) is 29.1 Å². The molecule has 2 rings (SSSR count). The average molecular weight is 360 g/mol. The monoisotopic (exact) mass is 360 g/mol. The van der Waals surface area contributed by atoms with Gasteiger partial charge in [-0.3, -0.25) is 9.69 Å². The molecule has 0 amide bonds. The normalized spacial score (nSPS) is 12.3. The molecule has 1 aromatic carbocycles. The van der Waals surface area contributed by atoms with Crippen molar-refractivity contribution in [3.63, 3.8) is 0 Å². The van der Waals surface area contributed by atoms with Crippen molar-refractivity contribution in [1.29, 1.82) is 0 Å². The SMILES string of the molecule is CCOC(=O)c1c(C)[nH]c(C(=O)C(C)N(C)Cc2ccc(F)cc2)c1C. The number of Topliss-reactive ketones (excluding diaryl/α,β-unsaturated/α-hetero) is 1. The van der Waals surface area contributed by atoms with E-state index in [1.54, 1.807) is 32.9 Å². The van der Waals surface area contributed by atoms with Gasteiger partial charge in [0.15, 0.2) is 5.78 Å². The van der Waals surface area contributed by atoms with Crippen LogP contribution in [0.1, 0.15) is 51.5 Å². The first kappa shape index (κ1) is 19.8. The summed E-state index contributed by atoms with van der Waals surface area (Å²) in [6, 6.07) is 5.80. The van der Waals surface area contributed by atoms with Gasteiger partial charge in [-0.2, -0.15) is 0 Å². The summed E-state index contributed by atoms with van der Waals surface area (Å²) >= 11 is 0. The lowest BCUT2D eigenvalue weighted by Crippen LogP contribution is -2.36. The number of carbonyl (C=O) groups excluding carboxylic acids is 2. The first-order valence-electron chi connectivity index (χ1n) is 8.61. The van der Waals surface area contributed by atoms with Gasteiger partial charge in [-0.25, -0.2) is 9.18 Å². The molecule has 0 aliphatic rings. The Labute approximate surface area is 153 Å². The van der Waals surface area contributed by atoms with E-state index in [9.17, 15) is 14.0 Å². The largest absolute Gasteiger partial charge is 0.462 e. The maximum absolute atomic E-state index is 13.0. The van der Waals surface area contributed by atoms with Gasteiger partial charge in [0.1, 0.15) is 5.82 Å². The van der Waals surface area contributed by atoms with Crippen molar-refractivity contribution in [2.24, 2.45) is 0 Å². The summed E-state index contributed by atoms with van der Waals surface area (Å²) in [6.45, 7) is 7.84. The maximum Gasteiger partial charge on any atom is 0.340 e. The van der Waals surface area contributed by atoms with E-state index < -0.39 is 12.0 Å². The Morgan fingerprint density at radius 1 is 1.23 bits per heavy atom. The van der Waals surface area contributed by atoms with Crippen molar-refractivity contribution in [3.05, 3.63) is 58.2 Å². The number of H-pyrrole nitrogens is 1. The number of hydrogen-bond acceptors (Lipinski definition) is 4. The second-order valence-electron chi connectivity index (χ2n) is 6.43. The lowest BCUT2D eigenvalue weighted by Gasteiger charge is -2.23. The molecule has 0 bridgehead atoms. The molecule has 140 valence electrons. The number of ether oxygens (including phenoxy) is 1. The van der Waals surface area contributed by atoms with Crippen molar-refractivity contribution < 1.29 is 18.7 Å². The number of rotatable bonds is 7. The fourth-order valence-corrected chi connectivity index (χ4v) is 2.93. The Hall–Kier alpha value is -2.47. The van der Waals surface area contributed by atoms with E-state index >= 15 is 0 Å². The summed E-state index contributed by atoms with van der Waals surface area (Å²) in [5.74, 6) is -0.819. The molecule has 5 nitrogen and oxygen atoms in total. The standard InChI is InChI=1S/C20H25FN2O3/c1-6-26-20(25)17-12(2)18(22-13(17)3)19(24)14(4)23(5)11-15-7-9-16(21)10-8-15/h7-10,14,22H,6,11H2,1-5H3. The zero-order valence-electron chi connectivity index (χ0n) is 15.9. The topological polar surface area (TPSA) is 62.4 Å². The van der Waals surface area contributed by atoms with Gasteiger partial charge in [0.05, 0.1) is 23.9 Å². The van der Waals surface area contributed by atoms with Gasteiger partial charge >= 0.3 is 5.97 Å².